The Hall–Kier alpha value is -2.80. The molecular weight excluding hydrogens is 366 g/mol. The summed E-state index contributed by atoms with van der Waals surface area (Å²) < 4.78 is 5.08. The van der Waals surface area contributed by atoms with Gasteiger partial charge in [-0.15, -0.1) is 11.3 Å². The molecule has 0 unspecified atom stereocenters. The number of Topliss-reactive ketones (excluding diaryl/α,β-unsaturated/α-hetero) is 2. The Bertz CT molecular complexity index is 854. The number of thiophene rings is 1. The van der Waals surface area contributed by atoms with Crippen LogP contribution < -0.4 is 5.32 Å². The molecule has 1 heterocycles. The van der Waals surface area contributed by atoms with Crippen molar-refractivity contribution in [2.24, 2.45) is 0 Å². The molecule has 0 aliphatic rings. The van der Waals surface area contributed by atoms with Crippen molar-refractivity contribution in [3.05, 3.63) is 51.7 Å². The molecule has 1 amide bonds. The lowest BCUT2D eigenvalue weighted by Crippen LogP contribution is -2.30. The van der Waals surface area contributed by atoms with Gasteiger partial charge in [0.05, 0.1) is 11.3 Å². The molecule has 1 aromatic carbocycles. The molecule has 2 aromatic rings. The van der Waals surface area contributed by atoms with E-state index in [0.717, 1.165) is 4.88 Å². The molecule has 0 saturated heterocycles. The van der Waals surface area contributed by atoms with E-state index in [1.807, 2.05) is 13.0 Å². The largest absolute Gasteiger partial charge is 0.453 e. The zero-order valence-corrected chi connectivity index (χ0v) is 16.2. The number of benzene rings is 1. The fourth-order valence-electron chi connectivity index (χ4n) is 2.26. The first-order valence-corrected chi connectivity index (χ1v) is 9.29. The third kappa shape index (κ3) is 6.14. The van der Waals surface area contributed by atoms with Gasteiger partial charge in [-0.05, 0) is 57.2 Å². The molecule has 142 valence electrons. The molecule has 7 heteroatoms. The summed E-state index contributed by atoms with van der Waals surface area (Å²) in [5.74, 6) is -1.28. The topological polar surface area (TPSA) is 89.5 Å². The molecule has 6 nitrogen and oxygen atoms in total. The van der Waals surface area contributed by atoms with Crippen molar-refractivity contribution in [3.8, 4) is 0 Å². The van der Waals surface area contributed by atoms with Crippen LogP contribution in [0.25, 0.3) is 0 Å². The normalized spacial score (nSPS) is 11.5. The number of carbonyl (C=O) groups excluding carboxylic acids is 4. The van der Waals surface area contributed by atoms with Crippen LogP contribution >= 0.6 is 11.3 Å². The van der Waals surface area contributed by atoms with E-state index in [4.69, 9.17) is 4.74 Å². The third-order valence-corrected chi connectivity index (χ3v) is 4.85. The molecule has 2 rings (SSSR count). The number of hydrogen-bond acceptors (Lipinski definition) is 6. The summed E-state index contributed by atoms with van der Waals surface area (Å²) >= 11 is 1.38. The van der Waals surface area contributed by atoms with Crippen LogP contribution in [0.3, 0.4) is 0 Å². The van der Waals surface area contributed by atoms with Crippen molar-refractivity contribution < 1.29 is 23.9 Å². The molecule has 0 radical (unpaired) electrons. The fourth-order valence-corrected chi connectivity index (χ4v) is 3.10. The quantitative estimate of drug-likeness (QED) is 0.550. The molecule has 0 spiro atoms. The minimum absolute atomic E-state index is 0.0413. The lowest BCUT2D eigenvalue weighted by atomic mass is 10.1. The number of rotatable bonds is 8. The fraction of sp³-hybridized carbons (Fsp3) is 0.300. The van der Waals surface area contributed by atoms with E-state index in [1.165, 1.54) is 25.2 Å². The summed E-state index contributed by atoms with van der Waals surface area (Å²) in [4.78, 5) is 48.9. The number of aryl methyl sites for hydroxylation is 1. The molecule has 0 bridgehead atoms. The Labute approximate surface area is 161 Å². The maximum absolute atomic E-state index is 12.1. The second kappa shape index (κ2) is 9.23. The monoisotopic (exact) mass is 387 g/mol. The molecule has 1 N–H and O–H groups in total. The zero-order chi connectivity index (χ0) is 20.0. The van der Waals surface area contributed by atoms with Gasteiger partial charge < -0.3 is 10.1 Å². The molecule has 0 aliphatic carbocycles. The molecular formula is C20H21NO5S. The maximum atomic E-state index is 12.1. The van der Waals surface area contributed by atoms with Crippen LogP contribution in [0.2, 0.25) is 0 Å². The average molecular weight is 387 g/mol. The van der Waals surface area contributed by atoms with Crippen molar-refractivity contribution in [1.82, 2.24) is 0 Å². The van der Waals surface area contributed by atoms with E-state index < -0.39 is 18.0 Å². The van der Waals surface area contributed by atoms with E-state index in [1.54, 1.807) is 30.3 Å². The van der Waals surface area contributed by atoms with Crippen LogP contribution in [0, 0.1) is 6.92 Å². The van der Waals surface area contributed by atoms with Crippen molar-refractivity contribution >= 4 is 40.5 Å². The van der Waals surface area contributed by atoms with Crippen molar-refractivity contribution in [1.29, 1.82) is 0 Å². The summed E-state index contributed by atoms with van der Waals surface area (Å²) in [6.45, 7) is 4.82. The molecule has 1 atom stereocenters. The van der Waals surface area contributed by atoms with E-state index >= 15 is 0 Å². The highest BCUT2D eigenvalue weighted by molar-refractivity contribution is 7.14. The van der Waals surface area contributed by atoms with Crippen LogP contribution in [0.1, 0.15) is 51.6 Å². The summed E-state index contributed by atoms with van der Waals surface area (Å²) in [6, 6.07) is 10.0. The van der Waals surface area contributed by atoms with Crippen LogP contribution in [-0.4, -0.2) is 29.5 Å². The lowest BCUT2D eigenvalue weighted by molar-refractivity contribution is -0.153. The molecule has 27 heavy (non-hydrogen) atoms. The first-order valence-electron chi connectivity index (χ1n) is 8.47. The first-order chi connectivity index (χ1) is 12.8. The predicted octanol–water partition coefficient (Wildman–Crippen LogP) is 3.79. The smallest absolute Gasteiger partial charge is 0.307 e. The van der Waals surface area contributed by atoms with Gasteiger partial charge in [-0.3, -0.25) is 19.2 Å². The Morgan fingerprint density at radius 3 is 2.26 bits per heavy atom. The SMILES string of the molecule is CC(=O)c1ccc(NC(=O)[C@@H](C)OC(=O)CCC(=O)c2ccc(C)s2)cc1. The van der Waals surface area contributed by atoms with E-state index in [0.29, 0.717) is 16.1 Å². The first kappa shape index (κ1) is 20.5. The van der Waals surface area contributed by atoms with Gasteiger partial charge in [0.2, 0.25) is 0 Å². The number of amides is 1. The number of ketones is 2. The van der Waals surface area contributed by atoms with E-state index in [2.05, 4.69) is 5.32 Å². The van der Waals surface area contributed by atoms with Gasteiger partial charge in [-0.25, -0.2) is 0 Å². The lowest BCUT2D eigenvalue weighted by Gasteiger charge is -2.13. The standard InChI is InChI=1S/C20H21NO5S/c1-12-4-10-18(27-12)17(23)9-11-19(24)26-14(3)20(25)21-16-7-5-15(6-8-16)13(2)22/h4-8,10,14H,9,11H2,1-3H3,(H,21,25)/t14-/m1/s1. The van der Waals surface area contributed by atoms with Crippen LogP contribution in [0.5, 0.6) is 0 Å². The Kier molecular flexibility index (Phi) is 7.01. The van der Waals surface area contributed by atoms with Gasteiger partial charge in [0.25, 0.3) is 5.91 Å². The molecule has 1 aromatic heterocycles. The minimum Gasteiger partial charge on any atom is -0.453 e. The number of anilines is 1. The van der Waals surface area contributed by atoms with E-state index in [-0.39, 0.29) is 24.4 Å². The van der Waals surface area contributed by atoms with Gasteiger partial charge in [-0.2, -0.15) is 0 Å². The Morgan fingerprint density at radius 1 is 1.04 bits per heavy atom. The second-order valence-corrected chi connectivity index (χ2v) is 7.38. The highest BCUT2D eigenvalue weighted by Crippen LogP contribution is 2.18. The predicted molar refractivity (Wildman–Crippen MR) is 103 cm³/mol. The maximum Gasteiger partial charge on any atom is 0.307 e. The van der Waals surface area contributed by atoms with Crippen LogP contribution in [0.4, 0.5) is 5.69 Å². The highest BCUT2D eigenvalue weighted by atomic mass is 32.1. The van der Waals surface area contributed by atoms with Gasteiger partial charge in [0.15, 0.2) is 17.7 Å². The molecule has 0 fully saturated rings. The van der Waals surface area contributed by atoms with E-state index in [9.17, 15) is 19.2 Å². The summed E-state index contributed by atoms with van der Waals surface area (Å²) in [7, 11) is 0. The van der Waals surface area contributed by atoms with Gasteiger partial charge >= 0.3 is 5.97 Å². The molecule has 0 aliphatic heterocycles. The number of carbonyl (C=O) groups is 4. The number of esters is 1. The zero-order valence-electron chi connectivity index (χ0n) is 15.4. The number of nitrogens with one attached hydrogen (secondary N) is 1. The minimum atomic E-state index is -0.996. The third-order valence-electron chi connectivity index (χ3n) is 3.81. The molecule has 0 saturated carbocycles. The second-order valence-electron chi connectivity index (χ2n) is 6.09. The van der Waals surface area contributed by atoms with Crippen molar-refractivity contribution in [2.75, 3.05) is 5.32 Å². The highest BCUT2D eigenvalue weighted by Gasteiger charge is 2.19. The van der Waals surface area contributed by atoms with Gasteiger partial charge in [0, 0.05) is 22.5 Å². The van der Waals surface area contributed by atoms with Gasteiger partial charge in [-0.1, -0.05) is 0 Å². The number of hydrogen-bond donors (Lipinski definition) is 1. The van der Waals surface area contributed by atoms with Gasteiger partial charge in [0.1, 0.15) is 0 Å². The van der Waals surface area contributed by atoms with Crippen molar-refractivity contribution in [3.63, 3.8) is 0 Å². The van der Waals surface area contributed by atoms with Crippen LogP contribution in [0.15, 0.2) is 36.4 Å². The summed E-state index contributed by atoms with van der Waals surface area (Å²) in [5, 5.41) is 2.61. The van der Waals surface area contributed by atoms with Crippen LogP contribution in [-0.2, 0) is 14.3 Å². The number of ether oxygens (including phenoxy) is 1. The van der Waals surface area contributed by atoms with Crippen molar-refractivity contribution in [2.45, 2.75) is 39.7 Å². The Morgan fingerprint density at radius 2 is 1.70 bits per heavy atom. The summed E-state index contributed by atoms with van der Waals surface area (Å²) in [6.07, 6.45) is -1.04. The summed E-state index contributed by atoms with van der Waals surface area (Å²) in [5.41, 5.74) is 1.04. The Balaban J connectivity index is 1.80. The average Bonchev–Trinajstić information content (AvgIpc) is 3.06.